The Balaban J connectivity index is 1.10. The van der Waals surface area contributed by atoms with E-state index in [9.17, 15) is 9.18 Å². The fourth-order valence-corrected chi connectivity index (χ4v) is 5.01. The van der Waals surface area contributed by atoms with Crippen LogP contribution in [0.5, 0.6) is 5.75 Å². The summed E-state index contributed by atoms with van der Waals surface area (Å²) in [4.78, 5) is 19.0. The third kappa shape index (κ3) is 4.80. The number of likely N-dealkylation sites (tertiary alicyclic amines) is 1. The lowest BCUT2D eigenvalue weighted by Crippen LogP contribution is -2.51. The van der Waals surface area contributed by atoms with E-state index < -0.39 is 0 Å². The van der Waals surface area contributed by atoms with Crippen LogP contribution in [-0.2, 0) is 16.0 Å². The molecule has 3 heterocycles. The van der Waals surface area contributed by atoms with Crippen LogP contribution in [0.15, 0.2) is 28.8 Å². The molecule has 1 atom stereocenters. The number of nitrogens with zero attached hydrogens (tertiary/aromatic N) is 3. The first kappa shape index (κ1) is 21.4. The maximum Gasteiger partial charge on any atom is 0.260 e. The first-order chi connectivity index (χ1) is 15.6. The van der Waals surface area contributed by atoms with Crippen LogP contribution in [0.25, 0.3) is 0 Å². The zero-order valence-electron chi connectivity index (χ0n) is 18.3. The second-order valence-electron chi connectivity index (χ2n) is 9.39. The molecular weight excluding hydrogens is 413 g/mol. The molecule has 2 aromatic rings. The normalized spacial score (nSPS) is 23.2. The predicted molar refractivity (Wildman–Crippen MR) is 114 cm³/mol. The molecule has 32 heavy (non-hydrogen) atoms. The Morgan fingerprint density at radius 2 is 1.97 bits per heavy atom. The Morgan fingerprint density at radius 1 is 1.19 bits per heavy atom. The molecule has 2 saturated heterocycles. The van der Waals surface area contributed by atoms with E-state index in [-0.39, 0.29) is 23.9 Å². The number of carbonyl (C=O) groups is 1. The van der Waals surface area contributed by atoms with E-state index in [1.165, 1.54) is 30.7 Å². The lowest BCUT2D eigenvalue weighted by molar-refractivity contribution is -0.148. The molecule has 8 heteroatoms. The van der Waals surface area contributed by atoms with Crippen molar-refractivity contribution < 1.29 is 23.2 Å². The van der Waals surface area contributed by atoms with E-state index in [0.29, 0.717) is 30.7 Å². The van der Waals surface area contributed by atoms with E-state index in [1.807, 2.05) is 4.90 Å². The number of hydrogen-bond acceptors (Lipinski definition) is 6. The van der Waals surface area contributed by atoms with Gasteiger partial charge in [-0.05, 0) is 68.7 Å². The van der Waals surface area contributed by atoms with Crippen LogP contribution in [0.2, 0.25) is 0 Å². The number of amides is 1. The average molecular weight is 444 g/mol. The maximum atomic E-state index is 13.0. The SMILES string of the molecule is O=C(COc1ccc(F)cc1)N1CCC2(CC1)CC(Cc1noc(C3CCC3)n1)CCO2. The first-order valence-electron chi connectivity index (χ1n) is 11.7. The van der Waals surface area contributed by atoms with Gasteiger partial charge in [0.25, 0.3) is 5.91 Å². The Hall–Kier alpha value is -2.48. The van der Waals surface area contributed by atoms with Crippen LogP contribution in [0.4, 0.5) is 4.39 Å². The summed E-state index contributed by atoms with van der Waals surface area (Å²) in [5.41, 5.74) is -0.169. The summed E-state index contributed by atoms with van der Waals surface area (Å²) < 4.78 is 30.2. The van der Waals surface area contributed by atoms with Gasteiger partial charge in [0.05, 0.1) is 5.60 Å². The van der Waals surface area contributed by atoms with E-state index >= 15 is 0 Å². The standard InChI is InChI=1S/C24H30FN3O4/c25-19-4-6-20(7-5-19)30-16-22(29)28-11-9-24(10-12-28)15-17(8-13-31-24)14-21-26-23(32-27-21)18-2-1-3-18/h4-7,17-18H,1-3,8-16H2. The van der Waals surface area contributed by atoms with Gasteiger partial charge >= 0.3 is 0 Å². The van der Waals surface area contributed by atoms with Gasteiger partial charge in [-0.25, -0.2) is 4.39 Å². The van der Waals surface area contributed by atoms with Crippen molar-refractivity contribution in [2.45, 2.75) is 62.9 Å². The van der Waals surface area contributed by atoms with Gasteiger partial charge < -0.3 is 18.9 Å². The van der Waals surface area contributed by atoms with Crippen molar-refractivity contribution >= 4 is 5.91 Å². The minimum atomic E-state index is -0.325. The molecule has 5 rings (SSSR count). The Kier molecular flexibility index (Phi) is 6.13. The van der Waals surface area contributed by atoms with Gasteiger partial charge in [-0.3, -0.25) is 4.79 Å². The number of halogens is 1. The molecule has 2 aliphatic heterocycles. The van der Waals surface area contributed by atoms with Crippen molar-refractivity contribution in [2.75, 3.05) is 26.3 Å². The maximum absolute atomic E-state index is 13.0. The van der Waals surface area contributed by atoms with Crippen molar-refractivity contribution in [3.63, 3.8) is 0 Å². The molecule has 172 valence electrons. The summed E-state index contributed by atoms with van der Waals surface area (Å²) in [6, 6.07) is 5.71. The van der Waals surface area contributed by atoms with Gasteiger partial charge in [0, 0.05) is 32.0 Å². The van der Waals surface area contributed by atoms with Gasteiger partial charge in [-0.15, -0.1) is 0 Å². The van der Waals surface area contributed by atoms with Crippen molar-refractivity contribution in [3.8, 4) is 5.75 Å². The summed E-state index contributed by atoms with van der Waals surface area (Å²) in [5.74, 6) is 2.68. The average Bonchev–Trinajstić information content (AvgIpc) is 3.20. The van der Waals surface area contributed by atoms with Gasteiger partial charge in [-0.1, -0.05) is 11.6 Å². The molecule has 1 aliphatic carbocycles. The summed E-state index contributed by atoms with van der Waals surface area (Å²) in [5, 5.41) is 4.22. The van der Waals surface area contributed by atoms with Crippen LogP contribution < -0.4 is 4.74 Å². The number of rotatable bonds is 6. The number of hydrogen-bond donors (Lipinski definition) is 0. The molecule has 0 bridgehead atoms. The van der Waals surface area contributed by atoms with Gasteiger partial charge in [0.1, 0.15) is 11.6 Å². The first-order valence-corrected chi connectivity index (χ1v) is 11.7. The monoisotopic (exact) mass is 443 g/mol. The van der Waals surface area contributed by atoms with E-state index in [1.54, 1.807) is 0 Å². The molecule has 1 spiro atoms. The summed E-state index contributed by atoms with van der Waals surface area (Å²) >= 11 is 0. The Labute approximate surface area is 187 Å². The third-order valence-electron chi connectivity index (χ3n) is 7.21. The van der Waals surface area contributed by atoms with Crippen LogP contribution in [-0.4, -0.2) is 52.9 Å². The highest BCUT2D eigenvalue weighted by Gasteiger charge is 2.41. The fourth-order valence-electron chi connectivity index (χ4n) is 5.01. The molecule has 1 unspecified atom stereocenters. The second kappa shape index (κ2) is 9.17. The van der Waals surface area contributed by atoms with Crippen LogP contribution in [0, 0.1) is 11.7 Å². The molecule has 1 amide bonds. The minimum Gasteiger partial charge on any atom is -0.484 e. The predicted octanol–water partition coefficient (Wildman–Crippen LogP) is 3.89. The second-order valence-corrected chi connectivity index (χ2v) is 9.39. The van der Waals surface area contributed by atoms with E-state index in [2.05, 4.69) is 10.1 Å². The van der Waals surface area contributed by atoms with Crippen LogP contribution in [0.3, 0.4) is 0 Å². The molecule has 1 aromatic carbocycles. The quantitative estimate of drug-likeness (QED) is 0.674. The number of benzene rings is 1. The molecule has 3 aliphatic rings. The number of aromatic nitrogens is 2. The molecule has 0 radical (unpaired) electrons. The minimum absolute atomic E-state index is 0.0384. The van der Waals surface area contributed by atoms with Crippen molar-refractivity contribution in [1.82, 2.24) is 15.0 Å². The zero-order chi connectivity index (χ0) is 22.0. The van der Waals surface area contributed by atoms with Crippen LogP contribution in [0.1, 0.15) is 62.6 Å². The lowest BCUT2D eigenvalue weighted by Gasteiger charge is -2.46. The smallest absolute Gasteiger partial charge is 0.260 e. The lowest BCUT2D eigenvalue weighted by atomic mass is 9.78. The number of carbonyl (C=O) groups excluding carboxylic acids is 1. The molecule has 1 saturated carbocycles. The van der Waals surface area contributed by atoms with Gasteiger partial charge in [-0.2, -0.15) is 4.98 Å². The Morgan fingerprint density at radius 3 is 2.69 bits per heavy atom. The molecule has 7 nitrogen and oxygen atoms in total. The fraction of sp³-hybridized carbons (Fsp3) is 0.625. The largest absolute Gasteiger partial charge is 0.484 e. The highest BCUT2D eigenvalue weighted by atomic mass is 19.1. The van der Waals surface area contributed by atoms with Gasteiger partial charge in [0.15, 0.2) is 12.4 Å². The summed E-state index contributed by atoms with van der Waals surface area (Å²) in [7, 11) is 0. The topological polar surface area (TPSA) is 77.7 Å². The van der Waals surface area contributed by atoms with E-state index in [4.69, 9.17) is 14.0 Å². The summed E-state index contributed by atoms with van der Waals surface area (Å²) in [6.45, 7) is 2.02. The van der Waals surface area contributed by atoms with Crippen LogP contribution >= 0.6 is 0 Å². The molecular formula is C24H30FN3O4. The van der Waals surface area contributed by atoms with E-state index in [0.717, 1.165) is 63.3 Å². The summed E-state index contributed by atoms with van der Waals surface area (Å²) in [6.07, 6.45) is 8.02. The number of piperidine rings is 1. The highest BCUT2D eigenvalue weighted by Crippen LogP contribution is 2.39. The Bertz CT molecular complexity index is 920. The third-order valence-corrected chi connectivity index (χ3v) is 7.21. The van der Waals surface area contributed by atoms with Gasteiger partial charge in [0.2, 0.25) is 5.89 Å². The zero-order valence-corrected chi connectivity index (χ0v) is 18.3. The molecule has 0 N–H and O–H groups in total. The highest BCUT2D eigenvalue weighted by molar-refractivity contribution is 5.77. The van der Waals surface area contributed by atoms with Crippen molar-refractivity contribution in [2.24, 2.45) is 5.92 Å². The molecule has 1 aromatic heterocycles. The van der Waals surface area contributed by atoms with Crippen molar-refractivity contribution in [3.05, 3.63) is 41.8 Å². The number of ether oxygens (including phenoxy) is 2. The molecule has 3 fully saturated rings. The van der Waals surface area contributed by atoms with Crippen molar-refractivity contribution in [1.29, 1.82) is 0 Å².